The molecule has 0 saturated heterocycles. The Morgan fingerprint density at radius 3 is 2.12 bits per heavy atom. The van der Waals surface area contributed by atoms with E-state index in [0.717, 1.165) is 48.0 Å². The topological polar surface area (TPSA) is 9.23 Å². The predicted molar refractivity (Wildman–Crippen MR) is 175 cm³/mol. The molecule has 7 unspecified atom stereocenters. The number of unbranched alkanes of at least 4 members (excludes halogenated alkanes) is 3. The van der Waals surface area contributed by atoms with E-state index in [1.54, 1.807) is 5.56 Å². The maximum atomic E-state index is 5.89. The van der Waals surface area contributed by atoms with Gasteiger partial charge in [-0.3, -0.25) is 0 Å². The molecular formula is C36H62Cl2OZr. The number of fused-ring (bicyclic) bond motifs is 1. The molecule has 0 aliphatic heterocycles. The van der Waals surface area contributed by atoms with Crippen LogP contribution in [-0.2, 0) is 25.6 Å². The second-order valence-corrected chi connectivity index (χ2v) is 18.2. The van der Waals surface area contributed by atoms with Gasteiger partial charge in [-0.2, -0.15) is 0 Å². The molecular weight excluding hydrogens is 611 g/mol. The van der Waals surface area contributed by atoms with Gasteiger partial charge in [0.05, 0.1) is 5.60 Å². The van der Waals surface area contributed by atoms with E-state index in [2.05, 4.69) is 71.9 Å². The summed E-state index contributed by atoms with van der Waals surface area (Å²) in [6.45, 7) is 15.4. The number of benzene rings is 1. The molecule has 0 amide bonds. The van der Waals surface area contributed by atoms with Crippen molar-refractivity contribution in [3.63, 3.8) is 0 Å². The van der Waals surface area contributed by atoms with Gasteiger partial charge in [-0.15, -0.1) is 0 Å². The van der Waals surface area contributed by atoms with E-state index in [1.165, 1.54) is 77.0 Å². The van der Waals surface area contributed by atoms with Gasteiger partial charge < -0.3 is 19.6 Å². The van der Waals surface area contributed by atoms with Crippen molar-refractivity contribution < 1.29 is 25.6 Å². The first-order valence-electron chi connectivity index (χ1n) is 15.7. The molecule has 3 fully saturated rings. The summed E-state index contributed by atoms with van der Waals surface area (Å²) in [5.41, 5.74) is 2.14. The van der Waals surface area contributed by atoms with E-state index >= 15 is 0 Å². The molecule has 4 rings (SSSR count). The van der Waals surface area contributed by atoms with E-state index in [9.17, 15) is 0 Å². The van der Waals surface area contributed by atoms with Gasteiger partial charge in [0.1, 0.15) is 0 Å². The summed E-state index contributed by atoms with van der Waals surface area (Å²) in [5, 5.41) is 0. The monoisotopic (exact) mass is 670 g/mol. The van der Waals surface area contributed by atoms with Gasteiger partial charge in [0.2, 0.25) is 0 Å². The normalized spacial score (nSPS) is 29.8. The third kappa shape index (κ3) is 11.0. The van der Waals surface area contributed by atoms with Gasteiger partial charge in [0.25, 0.3) is 0 Å². The van der Waals surface area contributed by atoms with Crippen LogP contribution >= 0.6 is 17.0 Å². The Hall–Kier alpha value is 0.643. The molecule has 1 nitrogen and oxygen atoms in total. The van der Waals surface area contributed by atoms with Crippen molar-refractivity contribution >= 4 is 17.0 Å². The fourth-order valence-electron chi connectivity index (χ4n) is 9.03. The van der Waals surface area contributed by atoms with Crippen LogP contribution in [0.3, 0.4) is 0 Å². The molecule has 3 aliphatic carbocycles. The predicted octanol–water partition coefficient (Wildman–Crippen LogP) is 12.3. The zero-order valence-electron chi connectivity index (χ0n) is 27.3. The Balaban J connectivity index is 0.00000153. The first kappa shape index (κ1) is 38.7. The van der Waals surface area contributed by atoms with Crippen LogP contribution in [0.1, 0.15) is 130 Å². The van der Waals surface area contributed by atoms with Gasteiger partial charge in [-0.1, -0.05) is 89.6 Å². The molecule has 3 saturated carbocycles. The van der Waals surface area contributed by atoms with Crippen LogP contribution in [0.5, 0.6) is 0 Å². The molecule has 0 N–H and O–H groups in total. The zero-order valence-corrected chi connectivity index (χ0v) is 31.3. The molecule has 40 heavy (non-hydrogen) atoms. The van der Waals surface area contributed by atoms with Crippen LogP contribution < -0.4 is 0 Å². The molecule has 0 heterocycles. The van der Waals surface area contributed by atoms with Gasteiger partial charge >= 0.3 is 37.9 Å². The zero-order chi connectivity index (χ0) is 27.8. The second-order valence-electron chi connectivity index (χ2n) is 14.4. The van der Waals surface area contributed by atoms with Gasteiger partial charge in [0, 0.05) is 6.61 Å². The Labute approximate surface area is 269 Å². The summed E-state index contributed by atoms with van der Waals surface area (Å²) in [4.78, 5) is 0. The fourth-order valence-corrected chi connectivity index (χ4v) is 9.03. The van der Waals surface area contributed by atoms with E-state index in [0.29, 0.717) is 5.41 Å². The van der Waals surface area contributed by atoms with Crippen LogP contribution in [-0.4, -0.2) is 12.2 Å². The number of ether oxygens (including phenoxy) is 1. The summed E-state index contributed by atoms with van der Waals surface area (Å²) in [6.07, 6.45) is 17.1. The van der Waals surface area contributed by atoms with Gasteiger partial charge in [0.15, 0.2) is 0 Å². The summed E-state index contributed by atoms with van der Waals surface area (Å²) in [7, 11) is 9.87. The Bertz CT molecular complexity index is 792. The van der Waals surface area contributed by atoms with Crippen molar-refractivity contribution in [1.29, 1.82) is 0 Å². The average molecular weight is 673 g/mol. The van der Waals surface area contributed by atoms with Crippen molar-refractivity contribution in [3.05, 3.63) is 50.7 Å². The molecule has 1 aromatic rings. The van der Waals surface area contributed by atoms with Crippen LogP contribution in [0.25, 0.3) is 0 Å². The van der Waals surface area contributed by atoms with E-state index in [1.807, 2.05) is 0 Å². The number of hydrogen-bond acceptors (Lipinski definition) is 1. The second kappa shape index (κ2) is 18.5. The fraction of sp³-hybridized carbons (Fsp3) is 0.778. The van der Waals surface area contributed by atoms with E-state index < -0.39 is 20.8 Å². The Morgan fingerprint density at radius 2 is 1.48 bits per heavy atom. The summed E-state index contributed by atoms with van der Waals surface area (Å²) in [6, 6.07) is 11.5. The van der Waals surface area contributed by atoms with Crippen molar-refractivity contribution in [2.75, 3.05) is 6.61 Å². The molecule has 4 heteroatoms. The van der Waals surface area contributed by atoms with Gasteiger partial charge in [-0.05, 0) is 112 Å². The minimum absolute atomic E-state index is 0. The molecule has 0 bridgehead atoms. The number of hydrogen-bond donors (Lipinski definition) is 0. The first-order chi connectivity index (χ1) is 18.1. The molecule has 230 valence electrons. The SMILES string of the molecule is CC1CC2C(c3ccccc3)CCCC2C1C(C)(C)C1CCC(CCCCCCOC(C)(C)C)C1.[CH3-].[CH3-].[Cl][Zr+2][Cl]. The molecule has 7 atom stereocenters. The van der Waals surface area contributed by atoms with Crippen LogP contribution in [0.4, 0.5) is 0 Å². The minimum atomic E-state index is -0.826. The van der Waals surface area contributed by atoms with E-state index in [-0.39, 0.29) is 20.5 Å². The Kier molecular flexibility index (Phi) is 17.8. The standard InChI is InChI=1S/C34H56O.2CH3.2ClH.Zr/c1-25-23-31-29(27-16-11-9-12-17-27)18-14-19-30(31)32(25)34(5,6)28-21-20-26(24-28)15-10-7-8-13-22-35-33(2,3)4;;;;;/h9,11-12,16-17,25-26,28-32H,7-8,10,13-15,18-24H2,1-6H3;2*1H3;2*1H;/q;2*-1;;;+4/p-2. The van der Waals surface area contributed by atoms with Crippen LogP contribution in [0.15, 0.2) is 30.3 Å². The average Bonchev–Trinajstić information content (AvgIpc) is 3.48. The molecule has 0 aromatic heterocycles. The third-order valence-electron chi connectivity index (χ3n) is 10.6. The van der Waals surface area contributed by atoms with Crippen molar-refractivity contribution in [3.8, 4) is 0 Å². The van der Waals surface area contributed by atoms with E-state index in [4.69, 9.17) is 21.8 Å². The molecule has 0 spiro atoms. The quantitative estimate of drug-likeness (QED) is 0.178. The first-order valence-corrected chi connectivity index (χ1v) is 22.1. The Morgan fingerprint density at radius 1 is 0.825 bits per heavy atom. The summed E-state index contributed by atoms with van der Waals surface area (Å²) >= 11 is -0.826. The molecule has 3 aliphatic rings. The number of halogens is 2. The summed E-state index contributed by atoms with van der Waals surface area (Å²) < 4.78 is 5.89. The van der Waals surface area contributed by atoms with Crippen molar-refractivity contribution in [2.45, 2.75) is 130 Å². The number of rotatable bonds is 10. The molecule has 0 radical (unpaired) electrons. The van der Waals surface area contributed by atoms with Crippen LogP contribution in [0.2, 0.25) is 0 Å². The van der Waals surface area contributed by atoms with Crippen molar-refractivity contribution in [2.24, 2.45) is 40.9 Å². The maximum absolute atomic E-state index is 5.89. The summed E-state index contributed by atoms with van der Waals surface area (Å²) in [5.74, 6) is 6.42. The third-order valence-corrected chi connectivity index (χ3v) is 10.6. The molecule has 1 aromatic carbocycles. The van der Waals surface area contributed by atoms with Crippen LogP contribution in [0, 0.1) is 55.8 Å². The van der Waals surface area contributed by atoms with Gasteiger partial charge in [-0.25, -0.2) is 0 Å². The van der Waals surface area contributed by atoms with Crippen molar-refractivity contribution in [1.82, 2.24) is 0 Å².